The number of hydrogen-bond acceptors (Lipinski definition) is 2. The number of rotatable bonds is 2. The van der Waals surface area contributed by atoms with Crippen molar-refractivity contribution in [1.29, 1.82) is 0 Å². The zero-order valence-corrected chi connectivity index (χ0v) is 9.24. The molecular formula is C11H11F3OS. The van der Waals surface area contributed by atoms with Gasteiger partial charge in [-0.15, -0.1) is 11.8 Å². The highest BCUT2D eigenvalue weighted by Crippen LogP contribution is 2.41. The van der Waals surface area contributed by atoms with E-state index in [1.54, 1.807) is 11.8 Å². The molecule has 0 saturated heterocycles. The first-order valence-corrected chi connectivity index (χ1v) is 5.86. The molecule has 0 fully saturated rings. The van der Waals surface area contributed by atoms with Crippen molar-refractivity contribution >= 4 is 11.8 Å². The summed E-state index contributed by atoms with van der Waals surface area (Å²) in [6, 6.07) is 3.87. The second kappa shape index (κ2) is 4.30. The number of thioether (sulfide) groups is 1. The largest absolute Gasteiger partial charge is 0.416 e. The van der Waals surface area contributed by atoms with Crippen molar-refractivity contribution in [1.82, 2.24) is 0 Å². The molecule has 1 aliphatic heterocycles. The van der Waals surface area contributed by atoms with Crippen molar-refractivity contribution in [3.05, 3.63) is 29.3 Å². The molecule has 1 aliphatic rings. The van der Waals surface area contributed by atoms with Crippen LogP contribution in [0.5, 0.6) is 0 Å². The van der Waals surface area contributed by atoms with Gasteiger partial charge >= 0.3 is 6.18 Å². The molecule has 0 aromatic heterocycles. The summed E-state index contributed by atoms with van der Waals surface area (Å²) < 4.78 is 37.4. The van der Waals surface area contributed by atoms with Gasteiger partial charge in [-0.3, -0.25) is 0 Å². The lowest BCUT2D eigenvalue weighted by molar-refractivity contribution is -0.137. The van der Waals surface area contributed by atoms with E-state index in [9.17, 15) is 13.2 Å². The molecule has 88 valence electrons. The lowest BCUT2D eigenvalue weighted by Gasteiger charge is -2.07. The van der Waals surface area contributed by atoms with Gasteiger partial charge in [0.05, 0.1) is 5.56 Å². The molecule has 1 unspecified atom stereocenters. The summed E-state index contributed by atoms with van der Waals surface area (Å²) in [5.74, 6) is 0. The van der Waals surface area contributed by atoms with E-state index >= 15 is 0 Å². The summed E-state index contributed by atoms with van der Waals surface area (Å²) in [4.78, 5) is 0.909. The SMILES string of the molecule is OCCC1Cc2cc(C(F)(F)F)ccc2S1. The van der Waals surface area contributed by atoms with Gasteiger partial charge in [0.25, 0.3) is 0 Å². The van der Waals surface area contributed by atoms with Crippen molar-refractivity contribution in [2.75, 3.05) is 6.61 Å². The van der Waals surface area contributed by atoms with Crippen LogP contribution in [0.25, 0.3) is 0 Å². The Bertz CT molecular complexity index is 389. The summed E-state index contributed by atoms with van der Waals surface area (Å²) in [7, 11) is 0. The summed E-state index contributed by atoms with van der Waals surface area (Å²) >= 11 is 1.55. The summed E-state index contributed by atoms with van der Waals surface area (Å²) in [6.07, 6.45) is -3.03. The second-order valence-electron chi connectivity index (χ2n) is 3.78. The van der Waals surface area contributed by atoms with E-state index < -0.39 is 11.7 Å². The van der Waals surface area contributed by atoms with Crippen LogP contribution in [0, 0.1) is 0 Å². The van der Waals surface area contributed by atoms with Crippen molar-refractivity contribution < 1.29 is 18.3 Å². The molecule has 0 saturated carbocycles. The molecule has 1 heterocycles. The summed E-state index contributed by atoms with van der Waals surface area (Å²) in [6.45, 7) is 0.0811. The lowest BCUT2D eigenvalue weighted by Crippen LogP contribution is -2.06. The quantitative estimate of drug-likeness (QED) is 0.867. The Hall–Kier alpha value is -0.680. The molecule has 2 rings (SSSR count). The lowest BCUT2D eigenvalue weighted by atomic mass is 10.1. The van der Waals surface area contributed by atoms with Crippen LogP contribution in [-0.4, -0.2) is 17.0 Å². The zero-order valence-electron chi connectivity index (χ0n) is 8.42. The van der Waals surface area contributed by atoms with Crippen LogP contribution in [-0.2, 0) is 12.6 Å². The minimum atomic E-state index is -4.27. The van der Waals surface area contributed by atoms with Crippen molar-refractivity contribution in [3.8, 4) is 0 Å². The highest BCUT2D eigenvalue weighted by Gasteiger charge is 2.32. The number of aliphatic hydroxyl groups excluding tert-OH is 1. The zero-order chi connectivity index (χ0) is 11.8. The van der Waals surface area contributed by atoms with E-state index in [0.717, 1.165) is 16.5 Å². The van der Waals surface area contributed by atoms with Crippen LogP contribution >= 0.6 is 11.8 Å². The third-order valence-electron chi connectivity index (χ3n) is 2.58. The van der Waals surface area contributed by atoms with Gasteiger partial charge in [-0.1, -0.05) is 0 Å². The van der Waals surface area contributed by atoms with Gasteiger partial charge in [0.15, 0.2) is 0 Å². The first-order valence-electron chi connectivity index (χ1n) is 4.98. The van der Waals surface area contributed by atoms with Gasteiger partial charge in [-0.25, -0.2) is 0 Å². The van der Waals surface area contributed by atoms with Gasteiger partial charge in [0.1, 0.15) is 0 Å². The molecule has 1 aromatic rings. The molecule has 0 amide bonds. The Morgan fingerprint density at radius 1 is 1.38 bits per heavy atom. The smallest absolute Gasteiger partial charge is 0.396 e. The third kappa shape index (κ3) is 2.35. The Labute approximate surface area is 95.7 Å². The van der Waals surface area contributed by atoms with E-state index in [2.05, 4.69) is 0 Å². The molecule has 1 atom stereocenters. The number of halogens is 3. The Morgan fingerprint density at radius 2 is 2.12 bits per heavy atom. The maximum atomic E-state index is 12.5. The number of hydrogen-bond donors (Lipinski definition) is 1. The van der Waals surface area contributed by atoms with Gasteiger partial charge in [-0.2, -0.15) is 13.2 Å². The maximum Gasteiger partial charge on any atom is 0.416 e. The molecule has 1 nitrogen and oxygen atoms in total. The predicted molar refractivity (Wildman–Crippen MR) is 56.5 cm³/mol. The van der Waals surface area contributed by atoms with E-state index in [4.69, 9.17) is 5.11 Å². The van der Waals surface area contributed by atoms with E-state index in [1.807, 2.05) is 0 Å². The van der Waals surface area contributed by atoms with Gasteiger partial charge in [-0.05, 0) is 36.6 Å². The van der Waals surface area contributed by atoms with E-state index in [-0.39, 0.29) is 11.9 Å². The van der Waals surface area contributed by atoms with Crippen LogP contribution in [0.15, 0.2) is 23.1 Å². The molecule has 16 heavy (non-hydrogen) atoms. The van der Waals surface area contributed by atoms with E-state index in [0.29, 0.717) is 12.8 Å². The van der Waals surface area contributed by atoms with E-state index in [1.165, 1.54) is 12.1 Å². The molecule has 0 spiro atoms. The fraction of sp³-hybridized carbons (Fsp3) is 0.455. The Balaban J connectivity index is 2.21. The minimum absolute atomic E-state index is 0.0811. The van der Waals surface area contributed by atoms with Crippen molar-refractivity contribution in [3.63, 3.8) is 0 Å². The Kier molecular flexibility index (Phi) is 3.17. The first kappa shape index (κ1) is 11.8. The van der Waals surface area contributed by atoms with Crippen LogP contribution in [0.3, 0.4) is 0 Å². The normalized spacial score (nSPS) is 19.9. The number of fused-ring (bicyclic) bond motifs is 1. The van der Waals surface area contributed by atoms with Crippen LogP contribution < -0.4 is 0 Å². The highest BCUT2D eigenvalue weighted by molar-refractivity contribution is 8.00. The molecule has 0 bridgehead atoms. The second-order valence-corrected chi connectivity index (χ2v) is 5.12. The van der Waals surface area contributed by atoms with Crippen LogP contribution in [0.1, 0.15) is 17.5 Å². The average Bonchev–Trinajstić information content (AvgIpc) is 2.57. The fourth-order valence-corrected chi connectivity index (χ4v) is 3.09. The number of alkyl halides is 3. The minimum Gasteiger partial charge on any atom is -0.396 e. The van der Waals surface area contributed by atoms with Gasteiger partial charge < -0.3 is 5.11 Å². The highest BCUT2D eigenvalue weighted by atomic mass is 32.2. The molecule has 5 heteroatoms. The predicted octanol–water partition coefficient (Wildman–Crippen LogP) is 3.10. The van der Waals surface area contributed by atoms with Crippen LogP contribution in [0.2, 0.25) is 0 Å². The van der Waals surface area contributed by atoms with Crippen molar-refractivity contribution in [2.45, 2.75) is 29.2 Å². The standard InChI is InChI=1S/C11H11F3OS/c12-11(13,14)8-1-2-10-7(5-8)6-9(16-10)3-4-15/h1-2,5,9,15H,3-4,6H2. The monoisotopic (exact) mass is 248 g/mol. The number of benzene rings is 1. The number of aliphatic hydroxyl groups is 1. The topological polar surface area (TPSA) is 20.2 Å². The maximum absolute atomic E-state index is 12.5. The molecular weight excluding hydrogens is 237 g/mol. The summed E-state index contributed by atoms with van der Waals surface area (Å²) in [5, 5.41) is 9.01. The molecule has 0 aliphatic carbocycles. The Morgan fingerprint density at radius 3 is 2.75 bits per heavy atom. The first-order chi connectivity index (χ1) is 7.50. The summed E-state index contributed by atoms with van der Waals surface area (Å²) in [5.41, 5.74) is 0.162. The molecule has 1 N–H and O–H groups in total. The van der Waals surface area contributed by atoms with Gasteiger partial charge in [0.2, 0.25) is 0 Å². The third-order valence-corrected chi connectivity index (χ3v) is 3.97. The molecule has 1 aromatic carbocycles. The van der Waals surface area contributed by atoms with Gasteiger partial charge in [0, 0.05) is 16.8 Å². The van der Waals surface area contributed by atoms with Crippen LogP contribution in [0.4, 0.5) is 13.2 Å². The van der Waals surface area contributed by atoms with Crippen molar-refractivity contribution in [2.24, 2.45) is 0 Å². The average molecular weight is 248 g/mol. The fourth-order valence-electron chi connectivity index (χ4n) is 1.80. The molecule has 0 radical (unpaired) electrons.